The third kappa shape index (κ3) is 2.87. The highest BCUT2D eigenvalue weighted by atomic mass is 32.1. The second-order valence-electron chi connectivity index (χ2n) is 3.79. The van der Waals surface area contributed by atoms with Gasteiger partial charge < -0.3 is 10.1 Å². The lowest BCUT2D eigenvalue weighted by atomic mass is 10.2. The summed E-state index contributed by atoms with van der Waals surface area (Å²) in [5.41, 5.74) is 4.31. The van der Waals surface area contributed by atoms with Gasteiger partial charge in [-0.1, -0.05) is 6.07 Å². The van der Waals surface area contributed by atoms with E-state index in [-0.39, 0.29) is 5.97 Å². The van der Waals surface area contributed by atoms with E-state index >= 15 is 0 Å². The smallest absolute Gasteiger partial charge is 0.337 e. The molecule has 0 spiro atoms. The number of benzene rings is 1. The van der Waals surface area contributed by atoms with Gasteiger partial charge in [-0.3, -0.25) is 0 Å². The molecule has 1 aromatic carbocycles. The molecule has 1 aromatic heterocycles. The minimum atomic E-state index is -0.326. The Morgan fingerprint density at radius 2 is 2.33 bits per heavy atom. The molecule has 0 unspecified atom stereocenters. The largest absolute Gasteiger partial charge is 0.465 e. The molecule has 2 aromatic rings. The van der Waals surface area contributed by atoms with Gasteiger partial charge in [-0.15, -0.1) is 11.3 Å². The molecule has 0 aliphatic heterocycles. The fraction of sp³-hybridized carbons (Fsp3) is 0.231. The molecule has 0 amide bonds. The summed E-state index contributed by atoms with van der Waals surface area (Å²) in [4.78, 5) is 16.8. The summed E-state index contributed by atoms with van der Waals surface area (Å²) in [6.07, 6.45) is 0. The van der Waals surface area contributed by atoms with E-state index in [1.165, 1.54) is 12.0 Å². The average molecular weight is 262 g/mol. The van der Waals surface area contributed by atoms with Gasteiger partial charge in [0.05, 0.1) is 30.4 Å². The predicted molar refractivity (Wildman–Crippen MR) is 72.0 cm³/mol. The maximum Gasteiger partial charge on any atom is 0.337 e. The Hall–Kier alpha value is -1.88. The molecule has 2 rings (SSSR count). The zero-order valence-electron chi connectivity index (χ0n) is 10.3. The number of anilines is 1. The highest BCUT2D eigenvalue weighted by molar-refractivity contribution is 7.09. The molecular formula is C13H14N2O2S. The van der Waals surface area contributed by atoms with Crippen molar-refractivity contribution in [3.8, 4) is 0 Å². The number of carbonyl (C=O) groups is 1. The lowest BCUT2D eigenvalue weighted by molar-refractivity contribution is 0.0601. The Balaban J connectivity index is 2.06. The first kappa shape index (κ1) is 12.6. The number of aromatic nitrogens is 1. The van der Waals surface area contributed by atoms with Crippen molar-refractivity contribution in [3.63, 3.8) is 0 Å². The standard InChI is InChI=1S/C13H14N2O2S/c1-9-12(18-8-15-9)7-14-11-5-3-4-10(6-11)13(16)17-2/h3-6,8,14H,7H2,1-2H3. The van der Waals surface area contributed by atoms with Crippen LogP contribution in [0.2, 0.25) is 0 Å². The van der Waals surface area contributed by atoms with Gasteiger partial charge in [0, 0.05) is 10.6 Å². The van der Waals surface area contributed by atoms with Gasteiger partial charge in [0.2, 0.25) is 0 Å². The number of ether oxygens (including phenoxy) is 1. The third-order valence-corrected chi connectivity index (χ3v) is 3.52. The quantitative estimate of drug-likeness (QED) is 0.861. The lowest BCUT2D eigenvalue weighted by Crippen LogP contribution is -2.03. The predicted octanol–water partition coefficient (Wildman–Crippen LogP) is 2.85. The van der Waals surface area contributed by atoms with Crippen LogP contribution in [0, 0.1) is 6.92 Å². The molecule has 0 saturated heterocycles. The molecule has 0 bridgehead atoms. The van der Waals surface area contributed by atoms with Crippen LogP contribution in [0.25, 0.3) is 0 Å². The topological polar surface area (TPSA) is 51.2 Å². The molecule has 0 saturated carbocycles. The van der Waals surface area contributed by atoms with Crippen molar-refractivity contribution in [1.82, 2.24) is 4.98 Å². The first-order valence-corrected chi connectivity index (χ1v) is 6.40. The molecular weight excluding hydrogens is 248 g/mol. The van der Waals surface area contributed by atoms with Crippen LogP contribution in [0.15, 0.2) is 29.8 Å². The number of hydrogen-bond acceptors (Lipinski definition) is 5. The van der Waals surface area contributed by atoms with Crippen molar-refractivity contribution in [2.75, 3.05) is 12.4 Å². The van der Waals surface area contributed by atoms with E-state index in [1.54, 1.807) is 23.5 Å². The van der Waals surface area contributed by atoms with Crippen LogP contribution >= 0.6 is 11.3 Å². The zero-order chi connectivity index (χ0) is 13.0. The summed E-state index contributed by atoms with van der Waals surface area (Å²) in [5, 5.41) is 3.27. The molecule has 0 aliphatic rings. The van der Waals surface area contributed by atoms with Crippen LogP contribution in [0.4, 0.5) is 5.69 Å². The van der Waals surface area contributed by atoms with E-state index in [2.05, 4.69) is 15.0 Å². The fourth-order valence-corrected chi connectivity index (χ4v) is 2.27. The Morgan fingerprint density at radius 3 is 3.00 bits per heavy atom. The van der Waals surface area contributed by atoms with E-state index in [0.29, 0.717) is 12.1 Å². The second-order valence-corrected chi connectivity index (χ2v) is 4.73. The maximum atomic E-state index is 11.4. The van der Waals surface area contributed by atoms with Gasteiger partial charge in [-0.25, -0.2) is 9.78 Å². The van der Waals surface area contributed by atoms with Gasteiger partial charge >= 0.3 is 5.97 Å². The molecule has 0 aliphatic carbocycles. The monoisotopic (exact) mass is 262 g/mol. The average Bonchev–Trinajstić information content (AvgIpc) is 2.81. The zero-order valence-corrected chi connectivity index (χ0v) is 11.1. The number of carbonyl (C=O) groups excluding carboxylic acids is 1. The van der Waals surface area contributed by atoms with Crippen molar-refractivity contribution < 1.29 is 9.53 Å². The maximum absolute atomic E-state index is 11.4. The summed E-state index contributed by atoms with van der Waals surface area (Å²) in [6, 6.07) is 7.26. The van der Waals surface area contributed by atoms with Gasteiger partial charge in [0.25, 0.3) is 0 Å². The summed E-state index contributed by atoms with van der Waals surface area (Å²) in [5.74, 6) is -0.326. The molecule has 0 fully saturated rings. The van der Waals surface area contributed by atoms with Crippen molar-refractivity contribution in [1.29, 1.82) is 0 Å². The minimum absolute atomic E-state index is 0.326. The van der Waals surface area contributed by atoms with Gasteiger partial charge in [-0.2, -0.15) is 0 Å². The van der Waals surface area contributed by atoms with Crippen molar-refractivity contribution in [2.45, 2.75) is 13.5 Å². The van der Waals surface area contributed by atoms with Crippen molar-refractivity contribution >= 4 is 23.0 Å². The molecule has 5 heteroatoms. The van der Waals surface area contributed by atoms with E-state index in [0.717, 1.165) is 11.4 Å². The summed E-state index contributed by atoms with van der Waals surface area (Å²) < 4.78 is 4.69. The van der Waals surface area contributed by atoms with Crippen LogP contribution < -0.4 is 5.32 Å². The Labute approximate surface area is 110 Å². The van der Waals surface area contributed by atoms with E-state index in [1.807, 2.05) is 24.6 Å². The number of rotatable bonds is 4. The summed E-state index contributed by atoms with van der Waals surface area (Å²) >= 11 is 1.62. The number of thiazole rings is 1. The number of methoxy groups -OCH3 is 1. The first-order chi connectivity index (χ1) is 8.70. The number of esters is 1. The van der Waals surface area contributed by atoms with Gasteiger partial charge in [0.15, 0.2) is 0 Å². The van der Waals surface area contributed by atoms with E-state index in [4.69, 9.17) is 0 Å². The Morgan fingerprint density at radius 1 is 1.50 bits per heavy atom. The molecule has 1 heterocycles. The third-order valence-electron chi connectivity index (χ3n) is 2.58. The Kier molecular flexibility index (Phi) is 3.94. The van der Waals surface area contributed by atoms with Crippen molar-refractivity contribution in [3.05, 3.63) is 45.9 Å². The summed E-state index contributed by atoms with van der Waals surface area (Å²) in [7, 11) is 1.38. The van der Waals surface area contributed by atoms with Gasteiger partial charge in [0.1, 0.15) is 0 Å². The Bertz CT molecular complexity index is 551. The number of nitrogens with one attached hydrogen (secondary N) is 1. The molecule has 4 nitrogen and oxygen atoms in total. The second kappa shape index (κ2) is 5.64. The number of hydrogen-bond donors (Lipinski definition) is 1. The fourth-order valence-electron chi connectivity index (χ4n) is 1.55. The van der Waals surface area contributed by atoms with Crippen LogP contribution in [0.5, 0.6) is 0 Å². The normalized spacial score (nSPS) is 10.1. The summed E-state index contributed by atoms with van der Waals surface area (Å²) in [6.45, 7) is 2.69. The molecule has 0 radical (unpaired) electrons. The molecule has 1 N–H and O–H groups in total. The van der Waals surface area contributed by atoms with Crippen LogP contribution in [0.3, 0.4) is 0 Å². The van der Waals surface area contributed by atoms with Gasteiger partial charge in [-0.05, 0) is 25.1 Å². The van der Waals surface area contributed by atoms with E-state index in [9.17, 15) is 4.79 Å². The molecule has 94 valence electrons. The SMILES string of the molecule is COC(=O)c1cccc(NCc2scnc2C)c1. The van der Waals surface area contributed by atoms with Crippen molar-refractivity contribution in [2.24, 2.45) is 0 Å². The first-order valence-electron chi connectivity index (χ1n) is 5.52. The number of nitrogens with zero attached hydrogens (tertiary/aromatic N) is 1. The highest BCUT2D eigenvalue weighted by Gasteiger charge is 2.06. The van der Waals surface area contributed by atoms with Crippen LogP contribution in [0.1, 0.15) is 20.9 Å². The lowest BCUT2D eigenvalue weighted by Gasteiger charge is -2.07. The molecule has 0 atom stereocenters. The van der Waals surface area contributed by atoms with E-state index < -0.39 is 0 Å². The van der Waals surface area contributed by atoms with Crippen LogP contribution in [-0.2, 0) is 11.3 Å². The minimum Gasteiger partial charge on any atom is -0.465 e. The molecule has 18 heavy (non-hydrogen) atoms. The highest BCUT2D eigenvalue weighted by Crippen LogP contribution is 2.16. The number of aryl methyl sites for hydroxylation is 1. The van der Waals surface area contributed by atoms with Crippen LogP contribution in [-0.4, -0.2) is 18.1 Å².